The lowest BCUT2D eigenvalue weighted by atomic mass is 10.1. The molecule has 0 fully saturated rings. The SMILES string of the molecule is O=CNC(=O)CCC(NC=O)C(=O)O. The number of aliphatic carboxylic acids is 1. The van der Waals surface area contributed by atoms with Crippen molar-refractivity contribution < 1.29 is 24.3 Å². The number of hydrogen-bond donors (Lipinski definition) is 3. The Morgan fingerprint density at radius 2 is 1.93 bits per heavy atom. The van der Waals surface area contributed by atoms with Crippen molar-refractivity contribution in [2.75, 3.05) is 0 Å². The maximum absolute atomic E-state index is 10.7. The van der Waals surface area contributed by atoms with Crippen molar-refractivity contribution in [3.8, 4) is 0 Å². The Hall–Kier alpha value is -1.92. The lowest BCUT2D eigenvalue weighted by Crippen LogP contribution is -2.37. The summed E-state index contributed by atoms with van der Waals surface area (Å²) in [5, 5.41) is 12.4. The Morgan fingerprint density at radius 3 is 2.36 bits per heavy atom. The first-order chi connectivity index (χ1) is 6.61. The second-order valence-electron chi connectivity index (χ2n) is 2.40. The van der Waals surface area contributed by atoms with Crippen LogP contribution >= 0.6 is 0 Å². The zero-order valence-corrected chi connectivity index (χ0v) is 7.23. The van der Waals surface area contributed by atoms with Crippen LogP contribution in [0.1, 0.15) is 12.8 Å². The molecule has 0 aromatic heterocycles. The Balaban J connectivity index is 3.92. The molecule has 0 aliphatic carbocycles. The van der Waals surface area contributed by atoms with Crippen LogP contribution in [-0.4, -0.2) is 35.8 Å². The summed E-state index contributed by atoms with van der Waals surface area (Å²) in [6, 6.07) is -1.11. The van der Waals surface area contributed by atoms with Crippen molar-refractivity contribution >= 4 is 24.7 Å². The van der Waals surface area contributed by atoms with E-state index in [4.69, 9.17) is 5.11 Å². The lowest BCUT2D eigenvalue weighted by Gasteiger charge is -2.09. The molecule has 0 spiro atoms. The summed E-state index contributed by atoms with van der Waals surface area (Å²) in [5.74, 6) is -1.81. The number of rotatable bonds is 7. The Labute approximate surface area is 79.5 Å². The lowest BCUT2D eigenvalue weighted by molar-refractivity contribution is -0.140. The summed E-state index contributed by atoms with van der Waals surface area (Å²) in [6.07, 6.45) is 0.256. The predicted molar refractivity (Wildman–Crippen MR) is 44.1 cm³/mol. The highest BCUT2D eigenvalue weighted by Gasteiger charge is 2.17. The molecule has 7 heteroatoms. The molecule has 3 N–H and O–H groups in total. The average molecular weight is 202 g/mol. The molecule has 0 bridgehead atoms. The van der Waals surface area contributed by atoms with Gasteiger partial charge in [0.25, 0.3) is 0 Å². The summed E-state index contributed by atoms with van der Waals surface area (Å²) in [6.45, 7) is 0. The summed E-state index contributed by atoms with van der Waals surface area (Å²) in [7, 11) is 0. The minimum absolute atomic E-state index is 0.0618. The number of nitrogens with one attached hydrogen (secondary N) is 2. The summed E-state index contributed by atoms with van der Waals surface area (Å²) in [4.78, 5) is 40.9. The van der Waals surface area contributed by atoms with Crippen LogP contribution in [0.2, 0.25) is 0 Å². The number of carbonyl (C=O) groups is 4. The molecule has 1 atom stereocenters. The van der Waals surface area contributed by atoms with Gasteiger partial charge in [-0.3, -0.25) is 19.7 Å². The number of imide groups is 1. The largest absolute Gasteiger partial charge is 0.480 e. The minimum Gasteiger partial charge on any atom is -0.480 e. The fraction of sp³-hybridized carbons (Fsp3) is 0.429. The van der Waals surface area contributed by atoms with Gasteiger partial charge in [0.05, 0.1) is 0 Å². The second-order valence-corrected chi connectivity index (χ2v) is 2.40. The fourth-order valence-corrected chi connectivity index (χ4v) is 0.774. The maximum atomic E-state index is 10.7. The number of amides is 3. The summed E-state index contributed by atoms with van der Waals surface area (Å²) < 4.78 is 0. The maximum Gasteiger partial charge on any atom is 0.326 e. The van der Waals surface area contributed by atoms with Crippen molar-refractivity contribution in [3.63, 3.8) is 0 Å². The van der Waals surface area contributed by atoms with Crippen LogP contribution in [0.25, 0.3) is 0 Å². The molecule has 0 radical (unpaired) electrons. The van der Waals surface area contributed by atoms with E-state index >= 15 is 0 Å². The van der Waals surface area contributed by atoms with Gasteiger partial charge in [0.1, 0.15) is 6.04 Å². The molecule has 0 aromatic carbocycles. The van der Waals surface area contributed by atoms with Crippen molar-refractivity contribution in [1.82, 2.24) is 10.6 Å². The molecule has 1 unspecified atom stereocenters. The van der Waals surface area contributed by atoms with Crippen LogP contribution in [0, 0.1) is 0 Å². The van der Waals surface area contributed by atoms with E-state index < -0.39 is 17.9 Å². The van der Waals surface area contributed by atoms with Gasteiger partial charge >= 0.3 is 5.97 Å². The van der Waals surface area contributed by atoms with Gasteiger partial charge in [-0.05, 0) is 6.42 Å². The van der Waals surface area contributed by atoms with E-state index in [0.29, 0.717) is 0 Å². The van der Waals surface area contributed by atoms with Crippen LogP contribution in [-0.2, 0) is 19.2 Å². The van der Waals surface area contributed by atoms with Crippen molar-refractivity contribution in [1.29, 1.82) is 0 Å². The molecule has 3 amide bonds. The predicted octanol–water partition coefficient (Wildman–Crippen LogP) is -1.76. The zero-order valence-electron chi connectivity index (χ0n) is 7.23. The number of hydrogen-bond acceptors (Lipinski definition) is 4. The Kier molecular flexibility index (Phi) is 5.68. The van der Waals surface area contributed by atoms with Crippen LogP contribution in [0.4, 0.5) is 0 Å². The molecular formula is C7H10N2O5. The highest BCUT2D eigenvalue weighted by Crippen LogP contribution is 1.96. The van der Waals surface area contributed by atoms with Gasteiger partial charge in [-0.2, -0.15) is 0 Å². The zero-order chi connectivity index (χ0) is 11.0. The van der Waals surface area contributed by atoms with Gasteiger partial charge in [0, 0.05) is 6.42 Å². The molecule has 14 heavy (non-hydrogen) atoms. The first-order valence-electron chi connectivity index (χ1n) is 3.77. The molecule has 0 saturated heterocycles. The third-order valence-corrected chi connectivity index (χ3v) is 1.45. The first-order valence-corrected chi connectivity index (χ1v) is 3.77. The van der Waals surface area contributed by atoms with Gasteiger partial charge in [-0.15, -0.1) is 0 Å². The van der Waals surface area contributed by atoms with Crippen LogP contribution in [0.15, 0.2) is 0 Å². The highest BCUT2D eigenvalue weighted by molar-refractivity contribution is 5.86. The van der Waals surface area contributed by atoms with Gasteiger partial charge in [-0.25, -0.2) is 4.79 Å². The van der Waals surface area contributed by atoms with Gasteiger partial charge in [-0.1, -0.05) is 0 Å². The molecular weight excluding hydrogens is 192 g/mol. The van der Waals surface area contributed by atoms with E-state index in [-0.39, 0.29) is 25.7 Å². The van der Waals surface area contributed by atoms with E-state index in [0.717, 1.165) is 0 Å². The Morgan fingerprint density at radius 1 is 1.29 bits per heavy atom. The standard InChI is InChI=1S/C7H10N2O5/c10-3-8-5(7(13)14)1-2-6(12)9-4-11/h3-5H,1-2H2,(H,8,10)(H,13,14)(H,9,11,12). The highest BCUT2D eigenvalue weighted by atomic mass is 16.4. The molecule has 78 valence electrons. The van der Waals surface area contributed by atoms with Crippen LogP contribution in [0.5, 0.6) is 0 Å². The van der Waals surface area contributed by atoms with Gasteiger partial charge in [0.2, 0.25) is 18.7 Å². The Bertz CT molecular complexity index is 240. The van der Waals surface area contributed by atoms with E-state index in [1.807, 2.05) is 10.6 Å². The molecule has 0 saturated carbocycles. The summed E-state index contributed by atoms with van der Waals surface area (Å²) >= 11 is 0. The fourth-order valence-electron chi connectivity index (χ4n) is 0.774. The third kappa shape index (κ3) is 4.86. The minimum atomic E-state index is -1.23. The van der Waals surface area contributed by atoms with Crippen LogP contribution < -0.4 is 10.6 Å². The van der Waals surface area contributed by atoms with Crippen molar-refractivity contribution in [2.24, 2.45) is 0 Å². The molecule has 7 nitrogen and oxygen atoms in total. The molecule has 0 aromatic rings. The smallest absolute Gasteiger partial charge is 0.326 e. The molecule has 0 heterocycles. The monoisotopic (exact) mass is 202 g/mol. The van der Waals surface area contributed by atoms with E-state index in [9.17, 15) is 19.2 Å². The molecule has 0 aliphatic heterocycles. The summed E-state index contributed by atoms with van der Waals surface area (Å²) in [5.41, 5.74) is 0. The first kappa shape index (κ1) is 12.1. The van der Waals surface area contributed by atoms with Gasteiger partial charge < -0.3 is 10.4 Å². The van der Waals surface area contributed by atoms with E-state index in [2.05, 4.69) is 0 Å². The average Bonchev–Trinajstić information content (AvgIpc) is 2.12. The second kappa shape index (κ2) is 6.58. The van der Waals surface area contributed by atoms with Crippen molar-refractivity contribution in [3.05, 3.63) is 0 Å². The van der Waals surface area contributed by atoms with Crippen molar-refractivity contribution in [2.45, 2.75) is 18.9 Å². The van der Waals surface area contributed by atoms with Gasteiger partial charge in [0.15, 0.2) is 0 Å². The normalized spacial score (nSPS) is 11.1. The third-order valence-electron chi connectivity index (χ3n) is 1.45. The quantitative estimate of drug-likeness (QED) is 0.423. The molecule has 0 aliphatic rings. The molecule has 0 rings (SSSR count). The van der Waals surface area contributed by atoms with E-state index in [1.54, 1.807) is 0 Å². The van der Waals surface area contributed by atoms with Crippen LogP contribution in [0.3, 0.4) is 0 Å². The number of carboxylic acids is 1. The topological polar surface area (TPSA) is 113 Å². The number of carbonyl (C=O) groups excluding carboxylic acids is 3. The number of carboxylic acid groups (broad SMARTS) is 1. The van der Waals surface area contributed by atoms with E-state index in [1.165, 1.54) is 0 Å².